The molecule has 2 rings (SSSR count). The number of nitro benzene ring substituents is 1. The summed E-state index contributed by atoms with van der Waals surface area (Å²) >= 11 is 0. The monoisotopic (exact) mass is 366 g/mol. The summed E-state index contributed by atoms with van der Waals surface area (Å²) in [5.74, 6) is -0.347. The molecule has 0 spiro atoms. The standard InChI is InChI=1S/C15H15N2O4.BrH/c1-2-21-15(18)13-7-9-16(10-8-13)11-12-3-5-14(6-4-12)17(19)20;/h3-10H,2,11H2,1H3;1H/q+1;/p-1. The molecule has 116 valence electrons. The number of nitro groups is 1. The number of esters is 1. The van der Waals surface area contributed by atoms with Crippen molar-refractivity contribution >= 4 is 11.7 Å². The van der Waals surface area contributed by atoms with Gasteiger partial charge in [0, 0.05) is 29.8 Å². The molecule has 2 aromatic rings. The summed E-state index contributed by atoms with van der Waals surface area (Å²) < 4.78 is 6.79. The molecule has 1 aromatic heterocycles. The highest BCUT2D eigenvalue weighted by atomic mass is 79.9. The Hall–Kier alpha value is -2.28. The normalized spacial score (nSPS) is 9.68. The molecule has 22 heavy (non-hydrogen) atoms. The summed E-state index contributed by atoms with van der Waals surface area (Å²) in [6.45, 7) is 2.67. The van der Waals surface area contributed by atoms with Crippen LogP contribution < -0.4 is 21.5 Å². The molecule has 0 atom stereocenters. The minimum Gasteiger partial charge on any atom is -1.00 e. The Morgan fingerprint density at radius 2 is 1.77 bits per heavy atom. The third-order valence-electron chi connectivity index (χ3n) is 2.91. The van der Waals surface area contributed by atoms with E-state index in [2.05, 4.69) is 0 Å². The van der Waals surface area contributed by atoms with Gasteiger partial charge in [0.15, 0.2) is 18.9 Å². The SMILES string of the molecule is CCOC(=O)c1cc[n+](Cc2ccc([N+](=O)[O-])cc2)cc1.[Br-]. The Labute approximate surface area is 138 Å². The summed E-state index contributed by atoms with van der Waals surface area (Å²) in [7, 11) is 0. The molecule has 0 unspecified atom stereocenters. The number of aromatic nitrogens is 1. The van der Waals surface area contributed by atoms with Gasteiger partial charge in [0.2, 0.25) is 0 Å². The zero-order valence-corrected chi connectivity index (χ0v) is 13.5. The summed E-state index contributed by atoms with van der Waals surface area (Å²) in [6, 6.07) is 9.74. The molecule has 1 aromatic carbocycles. The zero-order valence-electron chi connectivity index (χ0n) is 11.9. The number of carbonyl (C=O) groups is 1. The molecule has 0 fully saturated rings. The molecule has 0 N–H and O–H groups in total. The van der Waals surface area contributed by atoms with Crippen molar-refractivity contribution in [3.8, 4) is 0 Å². The molecular weight excluding hydrogens is 352 g/mol. The predicted molar refractivity (Wildman–Crippen MR) is 74.8 cm³/mol. The van der Waals surface area contributed by atoms with E-state index in [0.717, 1.165) is 5.56 Å². The minimum atomic E-state index is -0.426. The summed E-state index contributed by atoms with van der Waals surface area (Å²) in [5, 5.41) is 10.6. The Bertz CT molecular complexity index is 642. The van der Waals surface area contributed by atoms with Crippen molar-refractivity contribution < 1.29 is 36.0 Å². The fraction of sp³-hybridized carbons (Fsp3) is 0.200. The third kappa shape index (κ3) is 4.63. The number of halogens is 1. The van der Waals surface area contributed by atoms with Gasteiger partial charge in [-0.3, -0.25) is 10.1 Å². The number of nitrogens with zero attached hydrogens (tertiary/aromatic N) is 2. The van der Waals surface area contributed by atoms with Crippen molar-refractivity contribution in [2.24, 2.45) is 0 Å². The van der Waals surface area contributed by atoms with Gasteiger partial charge in [0.1, 0.15) is 0 Å². The van der Waals surface area contributed by atoms with E-state index in [9.17, 15) is 14.9 Å². The van der Waals surface area contributed by atoms with Gasteiger partial charge in [-0.25, -0.2) is 9.36 Å². The van der Waals surface area contributed by atoms with Crippen molar-refractivity contribution in [2.75, 3.05) is 6.61 Å². The topological polar surface area (TPSA) is 73.3 Å². The van der Waals surface area contributed by atoms with Gasteiger partial charge in [-0.2, -0.15) is 0 Å². The zero-order chi connectivity index (χ0) is 15.2. The van der Waals surface area contributed by atoms with Gasteiger partial charge in [-0.05, 0) is 19.1 Å². The van der Waals surface area contributed by atoms with Crippen LogP contribution in [0.15, 0.2) is 48.8 Å². The lowest BCUT2D eigenvalue weighted by Gasteiger charge is -2.01. The number of ether oxygens (including phenoxy) is 1. The van der Waals surface area contributed by atoms with Crippen molar-refractivity contribution in [1.82, 2.24) is 0 Å². The van der Waals surface area contributed by atoms with Gasteiger partial charge < -0.3 is 21.7 Å². The highest BCUT2D eigenvalue weighted by Gasteiger charge is 2.10. The number of pyridine rings is 1. The maximum absolute atomic E-state index is 11.5. The van der Waals surface area contributed by atoms with Crippen LogP contribution in [0.2, 0.25) is 0 Å². The van der Waals surface area contributed by atoms with Crippen LogP contribution in [-0.4, -0.2) is 17.5 Å². The molecular formula is C15H15BrN2O4. The molecule has 0 radical (unpaired) electrons. The number of rotatable bonds is 5. The largest absolute Gasteiger partial charge is 1.00 e. The van der Waals surface area contributed by atoms with E-state index in [1.165, 1.54) is 12.1 Å². The smallest absolute Gasteiger partial charge is 0.338 e. The lowest BCUT2D eigenvalue weighted by atomic mass is 10.2. The highest BCUT2D eigenvalue weighted by molar-refractivity contribution is 5.88. The maximum Gasteiger partial charge on any atom is 0.338 e. The number of hydrogen-bond donors (Lipinski definition) is 0. The van der Waals surface area contributed by atoms with Crippen LogP contribution in [0.5, 0.6) is 0 Å². The molecule has 6 nitrogen and oxygen atoms in total. The van der Waals surface area contributed by atoms with Crippen LogP contribution in [0.4, 0.5) is 5.69 Å². The first kappa shape index (κ1) is 17.8. The van der Waals surface area contributed by atoms with Crippen LogP contribution in [0.3, 0.4) is 0 Å². The highest BCUT2D eigenvalue weighted by Crippen LogP contribution is 2.11. The fourth-order valence-corrected chi connectivity index (χ4v) is 1.85. The fourth-order valence-electron chi connectivity index (χ4n) is 1.85. The average molecular weight is 367 g/mol. The van der Waals surface area contributed by atoms with Gasteiger partial charge in [-0.15, -0.1) is 0 Å². The van der Waals surface area contributed by atoms with E-state index in [1.807, 2.05) is 4.57 Å². The van der Waals surface area contributed by atoms with Gasteiger partial charge in [-0.1, -0.05) is 0 Å². The quantitative estimate of drug-likeness (QED) is 0.298. The lowest BCUT2D eigenvalue weighted by Crippen LogP contribution is -3.00. The number of benzene rings is 1. The summed E-state index contributed by atoms with van der Waals surface area (Å²) in [5.41, 5.74) is 1.51. The number of carbonyl (C=O) groups excluding carboxylic acids is 1. The lowest BCUT2D eigenvalue weighted by molar-refractivity contribution is -0.688. The Morgan fingerprint density at radius 3 is 2.27 bits per heavy atom. The summed E-state index contributed by atoms with van der Waals surface area (Å²) in [4.78, 5) is 21.7. The third-order valence-corrected chi connectivity index (χ3v) is 2.91. The van der Waals surface area contributed by atoms with Crippen LogP contribution in [0.25, 0.3) is 0 Å². The molecule has 0 bridgehead atoms. The first-order chi connectivity index (χ1) is 10.1. The van der Waals surface area contributed by atoms with Crippen LogP contribution in [0.1, 0.15) is 22.8 Å². The van der Waals surface area contributed by atoms with Crippen LogP contribution >= 0.6 is 0 Å². The second-order valence-electron chi connectivity index (χ2n) is 4.40. The van der Waals surface area contributed by atoms with Crippen molar-refractivity contribution in [2.45, 2.75) is 13.5 Å². The van der Waals surface area contributed by atoms with Crippen molar-refractivity contribution in [1.29, 1.82) is 0 Å². The Balaban J connectivity index is 0.00000242. The molecule has 0 saturated carbocycles. The predicted octanol–water partition coefficient (Wildman–Crippen LogP) is -0.889. The minimum absolute atomic E-state index is 0. The van der Waals surface area contributed by atoms with Gasteiger partial charge in [0.25, 0.3) is 5.69 Å². The van der Waals surface area contributed by atoms with E-state index in [1.54, 1.807) is 43.6 Å². The van der Waals surface area contributed by atoms with Gasteiger partial charge in [0.05, 0.1) is 17.1 Å². The first-order valence-corrected chi connectivity index (χ1v) is 6.49. The molecule has 0 aliphatic carbocycles. The van der Waals surface area contributed by atoms with Crippen molar-refractivity contribution in [3.05, 3.63) is 70.0 Å². The van der Waals surface area contributed by atoms with E-state index >= 15 is 0 Å². The summed E-state index contributed by atoms with van der Waals surface area (Å²) in [6.07, 6.45) is 3.54. The first-order valence-electron chi connectivity index (χ1n) is 6.49. The number of hydrogen-bond acceptors (Lipinski definition) is 4. The molecule has 1 heterocycles. The molecule has 0 aliphatic rings. The van der Waals surface area contributed by atoms with E-state index < -0.39 is 4.92 Å². The van der Waals surface area contributed by atoms with E-state index in [-0.39, 0.29) is 28.6 Å². The Kier molecular flexibility index (Phi) is 6.65. The number of non-ortho nitro benzene ring substituents is 1. The van der Waals surface area contributed by atoms with Gasteiger partial charge >= 0.3 is 5.97 Å². The molecule has 7 heteroatoms. The Morgan fingerprint density at radius 1 is 1.18 bits per heavy atom. The second-order valence-corrected chi connectivity index (χ2v) is 4.40. The van der Waals surface area contributed by atoms with E-state index in [4.69, 9.17) is 4.74 Å². The van der Waals surface area contributed by atoms with Crippen molar-refractivity contribution in [3.63, 3.8) is 0 Å². The second kappa shape index (κ2) is 8.23. The van der Waals surface area contributed by atoms with E-state index in [0.29, 0.717) is 18.7 Å². The van der Waals surface area contributed by atoms with Crippen LogP contribution in [-0.2, 0) is 11.3 Å². The molecule has 0 aliphatic heterocycles. The van der Waals surface area contributed by atoms with Crippen LogP contribution in [0, 0.1) is 10.1 Å². The maximum atomic E-state index is 11.5. The average Bonchev–Trinajstić information content (AvgIpc) is 2.49. The molecule has 0 amide bonds. The molecule has 0 saturated heterocycles.